The number of nitrogen functional groups attached to an aromatic ring is 1. The van der Waals surface area contributed by atoms with Gasteiger partial charge in [-0.15, -0.1) is 0 Å². The van der Waals surface area contributed by atoms with Crippen molar-refractivity contribution < 1.29 is 13.6 Å². The molecule has 1 aromatic heterocycles. The second-order valence-electron chi connectivity index (χ2n) is 5.52. The first kappa shape index (κ1) is 15.6. The van der Waals surface area contributed by atoms with Crippen LogP contribution >= 0.6 is 0 Å². The Labute approximate surface area is 137 Å². The van der Waals surface area contributed by atoms with Gasteiger partial charge in [-0.3, -0.25) is 4.79 Å². The molecule has 3 rings (SSSR count). The van der Waals surface area contributed by atoms with Crippen molar-refractivity contribution in [2.45, 2.75) is 6.92 Å². The van der Waals surface area contributed by atoms with Crippen molar-refractivity contribution in [2.24, 2.45) is 5.73 Å². The van der Waals surface area contributed by atoms with Crippen molar-refractivity contribution in [3.8, 4) is 0 Å². The Morgan fingerprint density at radius 2 is 2.04 bits per heavy atom. The Morgan fingerprint density at radius 1 is 1.29 bits per heavy atom. The molecule has 6 heteroatoms. The molecule has 5 N–H and O–H groups in total. The van der Waals surface area contributed by atoms with Gasteiger partial charge in [0.25, 0.3) is 5.91 Å². The Hall–Kier alpha value is -3.28. The molecule has 2 aromatic carbocycles. The molecule has 0 aliphatic heterocycles. The first-order chi connectivity index (χ1) is 11.4. The third kappa shape index (κ3) is 2.69. The third-order valence-electron chi connectivity index (χ3n) is 3.62. The smallest absolute Gasteiger partial charge is 0.286 e. The quantitative estimate of drug-likeness (QED) is 0.638. The van der Waals surface area contributed by atoms with E-state index in [2.05, 4.69) is 11.9 Å². The summed E-state index contributed by atoms with van der Waals surface area (Å²) in [5, 5.41) is 3.42. The van der Waals surface area contributed by atoms with Gasteiger partial charge in [0.2, 0.25) is 5.76 Å². The summed E-state index contributed by atoms with van der Waals surface area (Å²) in [7, 11) is 0. The number of carbonyl (C=O) groups is 1. The molecule has 122 valence electrons. The zero-order valence-electron chi connectivity index (χ0n) is 13.0. The number of nitrogens with two attached hydrogens (primary N) is 2. The molecule has 0 atom stereocenters. The van der Waals surface area contributed by atoms with E-state index in [-0.39, 0.29) is 17.0 Å². The lowest BCUT2D eigenvalue weighted by Gasteiger charge is -2.10. The van der Waals surface area contributed by atoms with Gasteiger partial charge in [0.15, 0.2) is 11.4 Å². The number of halogens is 1. The fourth-order valence-electron chi connectivity index (χ4n) is 2.54. The Morgan fingerprint density at radius 3 is 2.71 bits per heavy atom. The summed E-state index contributed by atoms with van der Waals surface area (Å²) in [6.07, 6.45) is 0. The average molecular weight is 325 g/mol. The number of fused-ring (bicyclic) bond motifs is 1. The number of nitrogens with one attached hydrogen (secondary N) is 1. The van der Waals surface area contributed by atoms with Crippen LogP contribution in [0, 0.1) is 12.7 Å². The van der Waals surface area contributed by atoms with E-state index in [9.17, 15) is 9.18 Å². The molecular formula is C18H16FN3O2. The first-order valence-electron chi connectivity index (χ1n) is 7.21. The number of benzene rings is 2. The van der Waals surface area contributed by atoms with E-state index >= 15 is 0 Å². The van der Waals surface area contributed by atoms with Crippen LogP contribution in [0.2, 0.25) is 0 Å². The zero-order valence-corrected chi connectivity index (χ0v) is 13.0. The summed E-state index contributed by atoms with van der Waals surface area (Å²) in [6.45, 7) is 5.68. The molecule has 0 saturated heterocycles. The average Bonchev–Trinajstić information content (AvgIpc) is 2.86. The van der Waals surface area contributed by atoms with Crippen molar-refractivity contribution in [1.29, 1.82) is 0 Å². The van der Waals surface area contributed by atoms with Gasteiger partial charge in [0.1, 0.15) is 0 Å². The van der Waals surface area contributed by atoms with E-state index in [1.165, 1.54) is 6.07 Å². The van der Waals surface area contributed by atoms with E-state index in [1.807, 2.05) is 6.07 Å². The Bertz CT molecular complexity index is 976. The van der Waals surface area contributed by atoms with E-state index in [0.29, 0.717) is 22.3 Å². The monoisotopic (exact) mass is 325 g/mol. The number of hydrogen-bond acceptors (Lipinski definition) is 4. The SMILES string of the molecule is C=C(Nc1c(C(N)=O)oc2c(F)cc(C)cc12)c1cccc(N)c1. The molecule has 0 bridgehead atoms. The molecular weight excluding hydrogens is 309 g/mol. The van der Waals surface area contributed by atoms with Crippen LogP contribution in [-0.4, -0.2) is 5.91 Å². The van der Waals surface area contributed by atoms with Crippen LogP contribution < -0.4 is 16.8 Å². The van der Waals surface area contributed by atoms with Crippen LogP contribution in [-0.2, 0) is 0 Å². The lowest BCUT2D eigenvalue weighted by Crippen LogP contribution is -2.12. The molecule has 24 heavy (non-hydrogen) atoms. The van der Waals surface area contributed by atoms with E-state index in [1.54, 1.807) is 31.2 Å². The maximum atomic E-state index is 14.1. The number of rotatable bonds is 4. The van der Waals surface area contributed by atoms with Gasteiger partial charge in [0, 0.05) is 16.8 Å². The first-order valence-corrected chi connectivity index (χ1v) is 7.21. The van der Waals surface area contributed by atoms with E-state index in [4.69, 9.17) is 15.9 Å². The maximum absolute atomic E-state index is 14.1. The highest BCUT2D eigenvalue weighted by molar-refractivity contribution is 6.08. The fraction of sp³-hybridized carbons (Fsp3) is 0.0556. The molecule has 0 aliphatic rings. The van der Waals surface area contributed by atoms with Crippen LogP contribution in [0.25, 0.3) is 16.7 Å². The van der Waals surface area contributed by atoms with Gasteiger partial charge >= 0.3 is 0 Å². The summed E-state index contributed by atoms with van der Waals surface area (Å²) in [4.78, 5) is 11.7. The van der Waals surface area contributed by atoms with Gasteiger partial charge in [-0.1, -0.05) is 18.7 Å². The summed E-state index contributed by atoms with van der Waals surface area (Å²) < 4.78 is 19.4. The molecule has 1 amide bonds. The van der Waals surface area contributed by atoms with Gasteiger partial charge in [-0.05, 0) is 42.3 Å². The fourth-order valence-corrected chi connectivity index (χ4v) is 2.54. The molecule has 0 radical (unpaired) electrons. The van der Waals surface area contributed by atoms with Gasteiger partial charge < -0.3 is 21.2 Å². The summed E-state index contributed by atoms with van der Waals surface area (Å²) >= 11 is 0. The lowest BCUT2D eigenvalue weighted by molar-refractivity contribution is 0.0977. The zero-order chi connectivity index (χ0) is 17.4. The van der Waals surface area contributed by atoms with Crippen molar-refractivity contribution >= 4 is 33.9 Å². The third-order valence-corrected chi connectivity index (χ3v) is 3.62. The number of aryl methyl sites for hydroxylation is 1. The molecule has 0 aliphatic carbocycles. The van der Waals surface area contributed by atoms with Crippen LogP contribution in [0.4, 0.5) is 15.8 Å². The Kier molecular flexibility index (Phi) is 3.73. The second kappa shape index (κ2) is 5.73. The van der Waals surface area contributed by atoms with Crippen LogP contribution in [0.3, 0.4) is 0 Å². The maximum Gasteiger partial charge on any atom is 0.286 e. The number of amides is 1. The molecule has 0 saturated carbocycles. The van der Waals surface area contributed by atoms with Crippen molar-refractivity contribution in [1.82, 2.24) is 0 Å². The standard InChI is InChI=1S/C18H16FN3O2/c1-9-6-13-15(17(18(21)23)24-16(13)14(19)7-9)22-10(2)11-4-3-5-12(20)8-11/h3-8,22H,2,20H2,1H3,(H2,21,23). The Balaban J connectivity index is 2.12. The molecule has 0 unspecified atom stereocenters. The highest BCUT2D eigenvalue weighted by Crippen LogP contribution is 2.35. The van der Waals surface area contributed by atoms with Gasteiger partial charge in [-0.2, -0.15) is 0 Å². The van der Waals surface area contributed by atoms with Crippen molar-refractivity contribution in [3.05, 3.63) is 65.7 Å². The van der Waals surface area contributed by atoms with Crippen molar-refractivity contribution in [2.75, 3.05) is 11.1 Å². The molecule has 3 aromatic rings. The summed E-state index contributed by atoms with van der Waals surface area (Å²) in [5.74, 6) is -1.51. The van der Waals surface area contributed by atoms with Crippen molar-refractivity contribution in [3.63, 3.8) is 0 Å². The number of hydrogen-bond donors (Lipinski definition) is 3. The van der Waals surface area contributed by atoms with Gasteiger partial charge in [-0.25, -0.2) is 4.39 Å². The topological polar surface area (TPSA) is 94.3 Å². The summed E-state index contributed by atoms with van der Waals surface area (Å²) in [5.41, 5.74) is 13.9. The minimum Gasteiger partial charge on any atom is -0.446 e. The van der Waals surface area contributed by atoms with E-state index in [0.717, 1.165) is 5.56 Å². The minimum atomic E-state index is -0.800. The number of carbonyl (C=O) groups excluding carboxylic acids is 1. The van der Waals surface area contributed by atoms with Crippen LogP contribution in [0.5, 0.6) is 0 Å². The predicted octanol–water partition coefficient (Wildman–Crippen LogP) is 3.64. The van der Waals surface area contributed by atoms with Gasteiger partial charge in [0.05, 0.1) is 5.69 Å². The second-order valence-corrected chi connectivity index (χ2v) is 5.52. The number of anilines is 2. The molecule has 0 fully saturated rings. The molecule has 5 nitrogen and oxygen atoms in total. The summed E-state index contributed by atoms with van der Waals surface area (Å²) in [6, 6.07) is 10.1. The number of primary amides is 1. The van der Waals surface area contributed by atoms with Crippen LogP contribution in [0.15, 0.2) is 47.4 Å². The normalized spacial score (nSPS) is 10.8. The minimum absolute atomic E-state index is 0.0303. The predicted molar refractivity (Wildman–Crippen MR) is 92.9 cm³/mol. The molecule has 1 heterocycles. The molecule has 0 spiro atoms. The largest absolute Gasteiger partial charge is 0.446 e. The van der Waals surface area contributed by atoms with Crippen LogP contribution in [0.1, 0.15) is 21.7 Å². The highest BCUT2D eigenvalue weighted by Gasteiger charge is 2.22. The number of furan rings is 1. The highest BCUT2D eigenvalue weighted by atomic mass is 19.1. The van der Waals surface area contributed by atoms with E-state index < -0.39 is 11.7 Å². The lowest BCUT2D eigenvalue weighted by atomic mass is 10.1.